The summed E-state index contributed by atoms with van der Waals surface area (Å²) < 4.78 is 54.1. The summed E-state index contributed by atoms with van der Waals surface area (Å²) in [5.41, 5.74) is 0.578. The van der Waals surface area contributed by atoms with E-state index in [9.17, 15) is 26.9 Å². The van der Waals surface area contributed by atoms with Crippen LogP contribution in [0.1, 0.15) is 10.6 Å². The summed E-state index contributed by atoms with van der Waals surface area (Å²) in [4.78, 5) is 10.00. The second-order valence-corrected chi connectivity index (χ2v) is 10.8. The van der Waals surface area contributed by atoms with E-state index in [1.54, 1.807) is 12.1 Å². The summed E-state index contributed by atoms with van der Waals surface area (Å²) in [7, 11) is -7.77. The van der Waals surface area contributed by atoms with E-state index in [4.69, 9.17) is 0 Å². The van der Waals surface area contributed by atoms with Gasteiger partial charge in [-0.1, -0.05) is 35.1 Å². The van der Waals surface area contributed by atoms with Crippen molar-refractivity contribution in [2.45, 2.75) is 23.1 Å². The largest absolute Gasteiger partial charge is 0.270 e. The maximum absolute atomic E-state index is 12.4. The summed E-state index contributed by atoms with van der Waals surface area (Å²) in [5.74, 6) is 0. The molecule has 0 saturated carbocycles. The second-order valence-electron chi connectivity index (χ2n) is 6.32. The van der Waals surface area contributed by atoms with Crippen LogP contribution in [0.2, 0.25) is 0 Å². The summed E-state index contributed by atoms with van der Waals surface area (Å²) in [5, 5.41) is 18.8. The number of aryl methyl sites for hydroxylation is 1. The molecule has 0 aliphatic rings. The number of non-ortho nitro benzene ring substituents is 1. The minimum Gasteiger partial charge on any atom is -0.258 e. The number of hydrogen-bond acceptors (Lipinski definition) is 9. The lowest BCUT2D eigenvalue weighted by Gasteiger charge is -2.06. The molecule has 2 N–H and O–H groups in total. The SMILES string of the molecule is Cc1ccc(S(=O)(=O)NCCc2nnc(NS(=O)(=O)c3cccc([N+](=O)[O-])c3)s2)cc1. The van der Waals surface area contributed by atoms with E-state index in [2.05, 4.69) is 19.6 Å². The van der Waals surface area contributed by atoms with Gasteiger partial charge in [-0.15, -0.1) is 10.2 Å². The van der Waals surface area contributed by atoms with E-state index in [0.29, 0.717) is 5.01 Å². The van der Waals surface area contributed by atoms with Crippen LogP contribution >= 0.6 is 11.3 Å². The molecule has 3 aromatic rings. The van der Waals surface area contributed by atoms with Gasteiger partial charge in [0.25, 0.3) is 15.7 Å². The number of nitrogens with one attached hydrogen (secondary N) is 2. The van der Waals surface area contributed by atoms with Crippen LogP contribution in [0.5, 0.6) is 0 Å². The number of nitrogens with zero attached hydrogens (tertiary/aromatic N) is 3. The maximum atomic E-state index is 12.4. The van der Waals surface area contributed by atoms with Gasteiger partial charge in [-0.2, -0.15) is 0 Å². The van der Waals surface area contributed by atoms with Crippen LogP contribution < -0.4 is 9.44 Å². The van der Waals surface area contributed by atoms with E-state index in [-0.39, 0.29) is 33.6 Å². The Morgan fingerprint density at radius 3 is 2.39 bits per heavy atom. The molecule has 0 radical (unpaired) electrons. The number of nitro groups is 1. The predicted molar refractivity (Wildman–Crippen MR) is 114 cm³/mol. The third-order valence-corrected chi connectivity index (χ3v) is 7.83. The van der Waals surface area contributed by atoms with Gasteiger partial charge in [0.2, 0.25) is 15.2 Å². The van der Waals surface area contributed by atoms with Crippen molar-refractivity contribution in [1.29, 1.82) is 0 Å². The Bertz CT molecular complexity index is 1300. The van der Waals surface area contributed by atoms with Crippen molar-refractivity contribution in [3.8, 4) is 0 Å². The first-order valence-electron chi connectivity index (χ1n) is 8.73. The first kappa shape index (κ1) is 22.7. The molecule has 1 aromatic heterocycles. The van der Waals surface area contributed by atoms with Gasteiger partial charge in [-0.3, -0.25) is 14.8 Å². The van der Waals surface area contributed by atoms with Crippen LogP contribution in [0, 0.1) is 17.0 Å². The number of anilines is 1. The molecular formula is C17H17N5O6S3. The van der Waals surface area contributed by atoms with E-state index < -0.39 is 25.0 Å². The topological polar surface area (TPSA) is 161 Å². The van der Waals surface area contributed by atoms with Gasteiger partial charge in [0.1, 0.15) is 5.01 Å². The van der Waals surface area contributed by atoms with E-state index in [1.165, 1.54) is 30.3 Å². The minimum atomic E-state index is -4.10. The van der Waals surface area contributed by atoms with Gasteiger partial charge in [0.05, 0.1) is 14.7 Å². The Morgan fingerprint density at radius 1 is 1.00 bits per heavy atom. The molecule has 14 heteroatoms. The monoisotopic (exact) mass is 483 g/mol. The highest BCUT2D eigenvalue weighted by atomic mass is 32.2. The van der Waals surface area contributed by atoms with Crippen molar-refractivity contribution in [2.24, 2.45) is 0 Å². The normalized spacial score (nSPS) is 11.9. The average molecular weight is 484 g/mol. The van der Waals surface area contributed by atoms with Gasteiger partial charge in [0, 0.05) is 25.1 Å². The molecule has 0 amide bonds. The molecule has 31 heavy (non-hydrogen) atoms. The highest BCUT2D eigenvalue weighted by Gasteiger charge is 2.20. The Hall–Kier alpha value is -2.94. The molecule has 1 heterocycles. The predicted octanol–water partition coefficient (Wildman–Crippen LogP) is 2.08. The highest BCUT2D eigenvalue weighted by molar-refractivity contribution is 7.93. The van der Waals surface area contributed by atoms with Crippen molar-refractivity contribution in [2.75, 3.05) is 11.3 Å². The summed E-state index contributed by atoms with van der Waals surface area (Å²) in [6, 6.07) is 11.0. The van der Waals surface area contributed by atoms with Gasteiger partial charge in [-0.05, 0) is 25.1 Å². The zero-order chi connectivity index (χ0) is 22.6. The van der Waals surface area contributed by atoms with Gasteiger partial charge < -0.3 is 0 Å². The van der Waals surface area contributed by atoms with Crippen LogP contribution in [0.25, 0.3) is 0 Å². The fourth-order valence-electron chi connectivity index (χ4n) is 2.43. The fourth-order valence-corrected chi connectivity index (χ4v) is 5.47. The van der Waals surface area contributed by atoms with E-state index in [0.717, 1.165) is 23.0 Å². The molecule has 2 aromatic carbocycles. The molecule has 3 rings (SSSR count). The average Bonchev–Trinajstić information content (AvgIpc) is 3.14. The molecule has 164 valence electrons. The Morgan fingerprint density at radius 2 is 1.71 bits per heavy atom. The van der Waals surface area contributed by atoms with Gasteiger partial charge >= 0.3 is 0 Å². The number of rotatable bonds is 9. The molecule has 0 aliphatic heterocycles. The number of hydrogen-bond donors (Lipinski definition) is 2. The fraction of sp³-hybridized carbons (Fsp3) is 0.176. The van der Waals surface area contributed by atoms with Crippen molar-refractivity contribution in [1.82, 2.24) is 14.9 Å². The Labute approximate surface area is 182 Å². The number of benzene rings is 2. The van der Waals surface area contributed by atoms with Crippen LogP contribution in [0.4, 0.5) is 10.8 Å². The molecule has 0 atom stereocenters. The van der Waals surface area contributed by atoms with Crippen LogP contribution in [0.15, 0.2) is 58.3 Å². The highest BCUT2D eigenvalue weighted by Crippen LogP contribution is 2.22. The molecule has 0 bridgehead atoms. The zero-order valence-electron chi connectivity index (χ0n) is 16.0. The third-order valence-electron chi connectivity index (χ3n) is 3.99. The van der Waals surface area contributed by atoms with E-state index >= 15 is 0 Å². The third kappa shape index (κ3) is 5.81. The minimum absolute atomic E-state index is 0.0390. The Kier molecular flexibility index (Phi) is 6.64. The first-order chi connectivity index (χ1) is 14.6. The quantitative estimate of drug-likeness (QED) is 0.345. The molecule has 11 nitrogen and oxygen atoms in total. The lowest BCUT2D eigenvalue weighted by Crippen LogP contribution is -2.25. The smallest absolute Gasteiger partial charge is 0.258 e. The summed E-state index contributed by atoms with van der Waals surface area (Å²) in [6.07, 6.45) is 0.196. The molecule has 0 fully saturated rings. The Balaban J connectivity index is 1.62. The van der Waals surface area contributed by atoms with Crippen molar-refractivity contribution < 1.29 is 21.8 Å². The molecule has 0 saturated heterocycles. The maximum Gasteiger partial charge on any atom is 0.270 e. The van der Waals surface area contributed by atoms with Crippen LogP contribution in [-0.4, -0.2) is 38.5 Å². The lowest BCUT2D eigenvalue weighted by atomic mass is 10.2. The van der Waals surface area contributed by atoms with Crippen molar-refractivity contribution in [3.63, 3.8) is 0 Å². The number of sulfonamides is 2. The molecule has 0 spiro atoms. The first-order valence-corrected chi connectivity index (χ1v) is 12.5. The van der Waals surface area contributed by atoms with E-state index in [1.807, 2.05) is 6.92 Å². The number of aromatic nitrogens is 2. The van der Waals surface area contributed by atoms with Gasteiger partial charge in [0.15, 0.2) is 0 Å². The number of nitro benzene ring substituents is 1. The summed E-state index contributed by atoms with van der Waals surface area (Å²) in [6.45, 7) is 1.90. The van der Waals surface area contributed by atoms with Crippen LogP contribution in [-0.2, 0) is 26.5 Å². The second kappa shape index (κ2) is 9.05. The van der Waals surface area contributed by atoms with Gasteiger partial charge in [-0.25, -0.2) is 21.6 Å². The molecule has 0 aliphatic carbocycles. The van der Waals surface area contributed by atoms with Crippen molar-refractivity contribution in [3.05, 3.63) is 69.2 Å². The molecular weight excluding hydrogens is 466 g/mol. The lowest BCUT2D eigenvalue weighted by molar-refractivity contribution is -0.385. The van der Waals surface area contributed by atoms with Crippen molar-refractivity contribution >= 4 is 42.2 Å². The van der Waals surface area contributed by atoms with Crippen LogP contribution in [0.3, 0.4) is 0 Å². The summed E-state index contributed by atoms with van der Waals surface area (Å²) >= 11 is 0.932. The zero-order valence-corrected chi connectivity index (χ0v) is 18.5. The standard InChI is InChI=1S/C17H17N5O6S3/c1-12-5-7-14(8-6-12)30(25,26)18-10-9-16-19-20-17(29-16)21-31(27,28)15-4-2-3-13(11-15)22(23)24/h2-8,11,18H,9-10H2,1H3,(H,20,21). The molecule has 0 unspecified atom stereocenters.